The second-order valence-corrected chi connectivity index (χ2v) is 5.61. The Hall–Kier alpha value is -1.76. The predicted molar refractivity (Wildman–Crippen MR) is 80.9 cm³/mol. The number of urea groups is 1. The zero-order chi connectivity index (χ0) is 15.9. The van der Waals surface area contributed by atoms with E-state index >= 15 is 0 Å². The van der Waals surface area contributed by atoms with Gasteiger partial charge < -0.3 is 14.8 Å². The Morgan fingerprint density at radius 3 is 3.18 bits per heavy atom. The van der Waals surface area contributed by atoms with Crippen LogP contribution in [0.3, 0.4) is 0 Å². The quantitative estimate of drug-likeness (QED) is 0.338. The first kappa shape index (κ1) is 16.6. The minimum atomic E-state index is -0.425. The molecule has 22 heavy (non-hydrogen) atoms. The molecule has 3 atom stereocenters. The highest BCUT2D eigenvalue weighted by molar-refractivity contribution is 5.77. The van der Waals surface area contributed by atoms with Crippen molar-refractivity contribution in [2.24, 2.45) is 5.11 Å². The number of hydrogen-bond donors (Lipinski definition) is 1. The summed E-state index contributed by atoms with van der Waals surface area (Å²) in [5.41, 5.74) is 9.75. The zero-order valence-electron chi connectivity index (χ0n) is 13.1. The number of azide groups is 1. The second-order valence-electron chi connectivity index (χ2n) is 5.61. The van der Waals surface area contributed by atoms with Gasteiger partial charge in [0.05, 0.1) is 18.8 Å². The molecule has 1 unspecified atom stereocenters. The summed E-state index contributed by atoms with van der Waals surface area (Å²) in [6, 6.07) is -0.511. The van der Waals surface area contributed by atoms with Crippen molar-refractivity contribution >= 4 is 6.03 Å². The van der Waals surface area contributed by atoms with Crippen molar-refractivity contribution in [2.45, 2.75) is 51.5 Å². The van der Waals surface area contributed by atoms with Crippen LogP contribution in [0.4, 0.5) is 4.79 Å². The SMILES string of the molecule is CCCCOC[C@H]1O[C@@H](N2C=C(C)CNC2=O)CC1N=[N+]=[N-]. The van der Waals surface area contributed by atoms with Crippen LogP contribution in [0.1, 0.15) is 33.1 Å². The van der Waals surface area contributed by atoms with E-state index < -0.39 is 6.23 Å². The number of amides is 2. The molecule has 2 rings (SSSR count). The first-order chi connectivity index (χ1) is 10.7. The van der Waals surface area contributed by atoms with Gasteiger partial charge in [-0.25, -0.2) is 4.79 Å². The molecule has 8 nitrogen and oxygen atoms in total. The summed E-state index contributed by atoms with van der Waals surface area (Å²) in [6.07, 6.45) is 3.57. The van der Waals surface area contributed by atoms with Crippen LogP contribution < -0.4 is 5.32 Å². The lowest BCUT2D eigenvalue weighted by Gasteiger charge is -2.29. The van der Waals surface area contributed by atoms with Gasteiger partial charge in [0.1, 0.15) is 6.23 Å². The fourth-order valence-corrected chi connectivity index (χ4v) is 2.53. The van der Waals surface area contributed by atoms with E-state index in [1.165, 1.54) is 4.90 Å². The van der Waals surface area contributed by atoms with Crippen LogP contribution in [0.15, 0.2) is 16.9 Å². The van der Waals surface area contributed by atoms with Crippen molar-refractivity contribution in [1.82, 2.24) is 10.2 Å². The largest absolute Gasteiger partial charge is 0.379 e. The fourth-order valence-electron chi connectivity index (χ4n) is 2.53. The van der Waals surface area contributed by atoms with E-state index in [0.717, 1.165) is 18.4 Å². The molecule has 1 N–H and O–H groups in total. The van der Waals surface area contributed by atoms with Gasteiger partial charge in [-0.15, -0.1) is 0 Å². The van der Waals surface area contributed by atoms with Gasteiger partial charge in [0.2, 0.25) is 0 Å². The van der Waals surface area contributed by atoms with Crippen LogP contribution in [0.2, 0.25) is 0 Å². The number of rotatable bonds is 7. The van der Waals surface area contributed by atoms with Crippen molar-refractivity contribution in [3.05, 3.63) is 22.2 Å². The van der Waals surface area contributed by atoms with Crippen molar-refractivity contribution in [3.8, 4) is 0 Å². The molecule has 0 saturated carbocycles. The zero-order valence-corrected chi connectivity index (χ0v) is 13.1. The molecule has 0 aromatic rings. The Morgan fingerprint density at radius 1 is 1.64 bits per heavy atom. The molecule has 1 saturated heterocycles. The first-order valence-electron chi connectivity index (χ1n) is 7.66. The minimum absolute atomic E-state index is 0.192. The highest BCUT2D eigenvalue weighted by Gasteiger charge is 2.39. The summed E-state index contributed by atoms with van der Waals surface area (Å²) >= 11 is 0. The standard InChI is InChI=1S/C14H23N5O3/c1-3-4-5-21-9-12-11(17-18-15)6-13(22-12)19-8-10(2)7-16-14(19)20/h8,11-13H,3-7,9H2,1-2H3,(H,16,20)/t11?,12-,13-/m1/s1. The molecule has 8 heteroatoms. The molecule has 0 bridgehead atoms. The Labute approximate surface area is 130 Å². The van der Waals surface area contributed by atoms with Gasteiger partial charge in [0.25, 0.3) is 0 Å². The van der Waals surface area contributed by atoms with E-state index in [9.17, 15) is 4.79 Å². The van der Waals surface area contributed by atoms with Crippen molar-refractivity contribution in [2.75, 3.05) is 19.8 Å². The van der Waals surface area contributed by atoms with E-state index in [1.807, 2.05) is 6.92 Å². The monoisotopic (exact) mass is 309 g/mol. The number of nitrogens with one attached hydrogen (secondary N) is 1. The van der Waals surface area contributed by atoms with Crippen LogP contribution in [-0.2, 0) is 9.47 Å². The van der Waals surface area contributed by atoms with Gasteiger partial charge in [-0.1, -0.05) is 18.5 Å². The average Bonchev–Trinajstić information content (AvgIpc) is 2.89. The van der Waals surface area contributed by atoms with E-state index in [4.69, 9.17) is 15.0 Å². The van der Waals surface area contributed by atoms with Crippen molar-refractivity contribution in [3.63, 3.8) is 0 Å². The number of carbonyl (C=O) groups excluding carboxylic acids is 1. The summed E-state index contributed by atoms with van der Waals surface area (Å²) in [5, 5.41) is 6.57. The molecule has 0 aliphatic carbocycles. The molecule has 2 heterocycles. The van der Waals surface area contributed by atoms with Gasteiger partial charge >= 0.3 is 6.03 Å². The summed E-state index contributed by atoms with van der Waals surface area (Å²) < 4.78 is 11.5. The van der Waals surface area contributed by atoms with Crippen LogP contribution in [0.25, 0.3) is 10.4 Å². The van der Waals surface area contributed by atoms with Crippen molar-refractivity contribution in [1.29, 1.82) is 0 Å². The third kappa shape index (κ3) is 4.13. The molecule has 2 amide bonds. The van der Waals surface area contributed by atoms with E-state index in [2.05, 4.69) is 22.3 Å². The van der Waals surface area contributed by atoms with Gasteiger partial charge in [-0.05, 0) is 24.4 Å². The average molecular weight is 309 g/mol. The third-order valence-electron chi connectivity index (χ3n) is 3.75. The number of nitrogens with zero attached hydrogens (tertiary/aromatic N) is 4. The molecule has 0 radical (unpaired) electrons. The highest BCUT2D eigenvalue weighted by atomic mass is 16.6. The Kier molecular flexibility index (Phi) is 6.06. The Morgan fingerprint density at radius 2 is 2.45 bits per heavy atom. The molecule has 0 aromatic carbocycles. The molecule has 2 aliphatic rings. The summed E-state index contributed by atoms with van der Waals surface area (Å²) in [7, 11) is 0. The summed E-state index contributed by atoms with van der Waals surface area (Å²) in [4.78, 5) is 16.4. The number of ether oxygens (including phenoxy) is 2. The lowest BCUT2D eigenvalue weighted by atomic mass is 10.1. The van der Waals surface area contributed by atoms with E-state index in [-0.39, 0.29) is 18.2 Å². The smallest absolute Gasteiger partial charge is 0.323 e. The third-order valence-corrected chi connectivity index (χ3v) is 3.75. The second kappa shape index (κ2) is 8.03. The summed E-state index contributed by atoms with van der Waals surface area (Å²) in [5.74, 6) is 0. The molecule has 0 aromatic heterocycles. The number of carbonyl (C=O) groups is 1. The van der Waals surface area contributed by atoms with Gasteiger partial charge in [-0.3, -0.25) is 4.90 Å². The van der Waals surface area contributed by atoms with Gasteiger partial charge in [0, 0.05) is 30.7 Å². The predicted octanol–water partition coefficient (Wildman–Crippen LogP) is 2.53. The molecular weight excluding hydrogens is 286 g/mol. The van der Waals surface area contributed by atoms with Gasteiger partial charge in [-0.2, -0.15) is 0 Å². The topological polar surface area (TPSA) is 99.6 Å². The van der Waals surface area contributed by atoms with Gasteiger partial charge in [0.15, 0.2) is 0 Å². The molecule has 0 spiro atoms. The normalized spacial score (nSPS) is 28.1. The van der Waals surface area contributed by atoms with Crippen LogP contribution in [-0.4, -0.2) is 49.1 Å². The fraction of sp³-hybridized carbons (Fsp3) is 0.786. The lowest BCUT2D eigenvalue weighted by Crippen LogP contribution is -2.46. The van der Waals surface area contributed by atoms with Crippen molar-refractivity contribution < 1.29 is 14.3 Å². The van der Waals surface area contributed by atoms with E-state index in [1.54, 1.807) is 6.20 Å². The van der Waals surface area contributed by atoms with Crippen LogP contribution in [0.5, 0.6) is 0 Å². The Bertz CT molecular complexity index is 475. The van der Waals surface area contributed by atoms with Crippen LogP contribution >= 0.6 is 0 Å². The maximum absolute atomic E-state index is 12.0. The summed E-state index contributed by atoms with van der Waals surface area (Å²) in [6.45, 7) is 5.62. The molecule has 2 aliphatic heterocycles. The minimum Gasteiger partial charge on any atom is -0.379 e. The molecule has 122 valence electrons. The lowest BCUT2D eigenvalue weighted by molar-refractivity contribution is -0.0543. The first-order valence-corrected chi connectivity index (χ1v) is 7.66. The maximum Gasteiger partial charge on any atom is 0.323 e. The molecular formula is C14H23N5O3. The highest BCUT2D eigenvalue weighted by Crippen LogP contribution is 2.28. The number of hydrogen-bond acceptors (Lipinski definition) is 4. The van der Waals surface area contributed by atoms with Crippen LogP contribution in [0, 0.1) is 0 Å². The number of unbranched alkanes of at least 4 members (excludes halogenated alkanes) is 1. The Balaban J connectivity index is 1.98. The van der Waals surface area contributed by atoms with E-state index in [0.29, 0.717) is 26.2 Å². The maximum atomic E-state index is 12.0. The molecule has 1 fully saturated rings.